The van der Waals surface area contributed by atoms with E-state index in [2.05, 4.69) is 10.1 Å². The minimum Gasteiger partial charge on any atom is -0.467 e. The molecule has 0 bridgehead atoms. The Hall–Kier alpha value is -2.90. The van der Waals surface area contributed by atoms with E-state index in [0.29, 0.717) is 36.2 Å². The maximum Gasteiger partial charge on any atom is 0.227 e. The molecule has 4 aromatic rings. The number of hydrogen-bond donors (Lipinski definition) is 0. The molecule has 0 aliphatic heterocycles. The fourth-order valence-corrected chi connectivity index (χ4v) is 3.70. The molecule has 3 heterocycles. The minimum atomic E-state index is 0.000966. The molecule has 0 radical (unpaired) electrons. The monoisotopic (exact) mass is 427 g/mol. The molecule has 0 aliphatic carbocycles. The standard InChI is InChI=1S/C21H18ClN3O3S/c22-16-7-5-15(6-8-16)21-23-19(28-24-21)9-10-20(26)25(13-17-3-1-11-27-17)14-18-4-2-12-29-18/h1-8,11-12H,9-10,13-14H2. The molecule has 148 valence electrons. The van der Waals surface area contributed by atoms with Crippen molar-refractivity contribution in [3.05, 3.63) is 81.7 Å². The number of benzene rings is 1. The highest BCUT2D eigenvalue weighted by Crippen LogP contribution is 2.20. The van der Waals surface area contributed by atoms with E-state index < -0.39 is 0 Å². The van der Waals surface area contributed by atoms with Crippen molar-refractivity contribution < 1.29 is 13.7 Å². The average molecular weight is 428 g/mol. The van der Waals surface area contributed by atoms with Gasteiger partial charge in [0.15, 0.2) is 0 Å². The van der Waals surface area contributed by atoms with Gasteiger partial charge in [0.05, 0.1) is 19.4 Å². The number of furan rings is 1. The van der Waals surface area contributed by atoms with Gasteiger partial charge in [-0.2, -0.15) is 4.98 Å². The first-order valence-electron chi connectivity index (χ1n) is 9.08. The van der Waals surface area contributed by atoms with Crippen molar-refractivity contribution in [3.63, 3.8) is 0 Å². The van der Waals surface area contributed by atoms with Crippen LogP contribution in [-0.4, -0.2) is 20.9 Å². The van der Waals surface area contributed by atoms with Gasteiger partial charge in [-0.25, -0.2) is 0 Å². The van der Waals surface area contributed by atoms with E-state index >= 15 is 0 Å². The highest BCUT2D eigenvalue weighted by atomic mass is 35.5. The largest absolute Gasteiger partial charge is 0.467 e. The van der Waals surface area contributed by atoms with Gasteiger partial charge in [-0.15, -0.1) is 11.3 Å². The van der Waals surface area contributed by atoms with Crippen LogP contribution in [0.3, 0.4) is 0 Å². The molecule has 29 heavy (non-hydrogen) atoms. The predicted molar refractivity (Wildman–Crippen MR) is 110 cm³/mol. The maximum atomic E-state index is 12.9. The highest BCUT2D eigenvalue weighted by Gasteiger charge is 2.18. The molecule has 0 fully saturated rings. The fraction of sp³-hybridized carbons (Fsp3) is 0.190. The van der Waals surface area contributed by atoms with E-state index in [-0.39, 0.29) is 12.3 Å². The van der Waals surface area contributed by atoms with Crippen molar-refractivity contribution in [2.75, 3.05) is 0 Å². The van der Waals surface area contributed by atoms with Gasteiger partial charge in [-0.1, -0.05) is 22.8 Å². The lowest BCUT2D eigenvalue weighted by Crippen LogP contribution is -2.29. The number of aryl methyl sites for hydroxylation is 1. The van der Waals surface area contributed by atoms with Gasteiger partial charge in [0, 0.05) is 28.3 Å². The first-order valence-corrected chi connectivity index (χ1v) is 10.3. The van der Waals surface area contributed by atoms with Crippen LogP contribution >= 0.6 is 22.9 Å². The molecule has 0 spiro atoms. The normalized spacial score (nSPS) is 10.9. The van der Waals surface area contributed by atoms with Crippen molar-refractivity contribution in [2.45, 2.75) is 25.9 Å². The van der Waals surface area contributed by atoms with E-state index in [4.69, 9.17) is 20.5 Å². The van der Waals surface area contributed by atoms with Gasteiger partial charge in [-0.3, -0.25) is 4.79 Å². The van der Waals surface area contributed by atoms with Crippen molar-refractivity contribution in [2.24, 2.45) is 0 Å². The topological polar surface area (TPSA) is 72.4 Å². The number of aromatic nitrogens is 2. The Kier molecular flexibility index (Phi) is 6.07. The number of carbonyl (C=O) groups excluding carboxylic acids is 1. The number of hydrogen-bond acceptors (Lipinski definition) is 6. The van der Waals surface area contributed by atoms with Gasteiger partial charge < -0.3 is 13.8 Å². The van der Waals surface area contributed by atoms with Crippen LogP contribution in [0.15, 0.2) is 69.1 Å². The second-order valence-corrected chi connectivity index (χ2v) is 7.90. The Morgan fingerprint density at radius 2 is 1.97 bits per heavy atom. The molecular weight excluding hydrogens is 410 g/mol. The summed E-state index contributed by atoms with van der Waals surface area (Å²) in [6.07, 6.45) is 2.26. The van der Waals surface area contributed by atoms with Crippen molar-refractivity contribution in [1.82, 2.24) is 15.0 Å². The van der Waals surface area contributed by atoms with Crippen LogP contribution in [0.1, 0.15) is 22.9 Å². The summed E-state index contributed by atoms with van der Waals surface area (Å²) in [6, 6.07) is 14.9. The van der Waals surface area contributed by atoms with E-state index in [1.807, 2.05) is 41.8 Å². The quantitative estimate of drug-likeness (QED) is 0.386. The lowest BCUT2D eigenvalue weighted by atomic mass is 10.2. The summed E-state index contributed by atoms with van der Waals surface area (Å²) in [4.78, 5) is 20.1. The zero-order valence-electron chi connectivity index (χ0n) is 15.5. The number of thiophene rings is 1. The number of halogens is 1. The molecule has 0 unspecified atom stereocenters. The molecule has 0 saturated carbocycles. The summed E-state index contributed by atoms with van der Waals surface area (Å²) >= 11 is 7.53. The molecule has 0 N–H and O–H groups in total. The second kappa shape index (κ2) is 9.07. The summed E-state index contributed by atoms with van der Waals surface area (Å²) in [5.41, 5.74) is 0.813. The minimum absolute atomic E-state index is 0.000966. The SMILES string of the molecule is O=C(CCc1nc(-c2ccc(Cl)cc2)no1)N(Cc1ccco1)Cc1cccs1. The van der Waals surface area contributed by atoms with Crippen LogP contribution in [0.2, 0.25) is 5.02 Å². The molecule has 6 nitrogen and oxygen atoms in total. The van der Waals surface area contributed by atoms with Crippen molar-refractivity contribution in [3.8, 4) is 11.4 Å². The summed E-state index contributed by atoms with van der Waals surface area (Å²) in [5, 5.41) is 6.64. The molecule has 1 amide bonds. The van der Waals surface area contributed by atoms with Gasteiger partial charge in [-0.05, 0) is 47.8 Å². The smallest absolute Gasteiger partial charge is 0.227 e. The van der Waals surface area contributed by atoms with E-state index in [1.165, 1.54) is 0 Å². The van der Waals surface area contributed by atoms with Gasteiger partial charge in [0.25, 0.3) is 0 Å². The zero-order chi connectivity index (χ0) is 20.1. The van der Waals surface area contributed by atoms with E-state index in [9.17, 15) is 4.79 Å². The summed E-state index contributed by atoms with van der Waals surface area (Å²) in [7, 11) is 0. The number of nitrogens with zero attached hydrogens (tertiary/aromatic N) is 3. The Bertz CT molecular complexity index is 1010. The van der Waals surface area contributed by atoms with Gasteiger partial charge in [0.1, 0.15) is 5.76 Å². The summed E-state index contributed by atoms with van der Waals surface area (Å²) in [5.74, 6) is 1.66. The molecule has 0 atom stereocenters. The van der Waals surface area contributed by atoms with E-state index in [0.717, 1.165) is 16.2 Å². The summed E-state index contributed by atoms with van der Waals surface area (Å²) in [6.45, 7) is 0.959. The summed E-state index contributed by atoms with van der Waals surface area (Å²) < 4.78 is 10.7. The maximum absolute atomic E-state index is 12.9. The second-order valence-electron chi connectivity index (χ2n) is 6.43. The molecule has 1 aromatic carbocycles. The third kappa shape index (κ3) is 5.13. The first kappa shape index (κ1) is 19.4. The lowest BCUT2D eigenvalue weighted by molar-refractivity contribution is -0.132. The fourth-order valence-electron chi connectivity index (χ4n) is 2.86. The Balaban J connectivity index is 1.40. The van der Waals surface area contributed by atoms with E-state index in [1.54, 1.807) is 34.6 Å². The lowest BCUT2D eigenvalue weighted by Gasteiger charge is -2.20. The number of rotatable bonds is 8. The molecule has 0 aliphatic rings. The average Bonchev–Trinajstić information content (AvgIpc) is 3.49. The van der Waals surface area contributed by atoms with Gasteiger partial charge >= 0.3 is 0 Å². The number of amides is 1. The Morgan fingerprint density at radius 1 is 1.10 bits per heavy atom. The highest BCUT2D eigenvalue weighted by molar-refractivity contribution is 7.09. The molecule has 0 saturated heterocycles. The molecule has 3 aromatic heterocycles. The van der Waals surface area contributed by atoms with Crippen molar-refractivity contribution >= 4 is 28.8 Å². The van der Waals surface area contributed by atoms with Crippen LogP contribution in [0, 0.1) is 0 Å². The van der Waals surface area contributed by atoms with Crippen LogP contribution in [-0.2, 0) is 24.3 Å². The predicted octanol–water partition coefficient (Wildman–Crippen LogP) is 5.21. The third-order valence-electron chi connectivity index (χ3n) is 4.33. The zero-order valence-corrected chi connectivity index (χ0v) is 17.0. The van der Waals surface area contributed by atoms with Crippen LogP contribution in [0.5, 0.6) is 0 Å². The van der Waals surface area contributed by atoms with Crippen LogP contribution in [0.25, 0.3) is 11.4 Å². The third-order valence-corrected chi connectivity index (χ3v) is 5.44. The van der Waals surface area contributed by atoms with Crippen molar-refractivity contribution in [1.29, 1.82) is 0 Å². The molecule has 8 heteroatoms. The Morgan fingerprint density at radius 3 is 2.69 bits per heavy atom. The van der Waals surface area contributed by atoms with Gasteiger partial charge in [0.2, 0.25) is 17.6 Å². The molecular formula is C21H18ClN3O3S. The van der Waals surface area contributed by atoms with Crippen LogP contribution in [0.4, 0.5) is 0 Å². The van der Waals surface area contributed by atoms with Crippen LogP contribution < -0.4 is 0 Å². The Labute approximate surface area is 176 Å². The first-order chi connectivity index (χ1) is 14.2. The number of carbonyl (C=O) groups is 1. The molecule has 4 rings (SSSR count).